The SMILES string of the molecule is Cc1[nH]c2cc3occoc3cc2[nH]c1CS(=O)(=O)O. The molecule has 0 fully saturated rings. The van der Waals surface area contributed by atoms with Crippen molar-refractivity contribution in [2.75, 3.05) is 0 Å². The van der Waals surface area contributed by atoms with Crippen molar-refractivity contribution in [3.05, 3.63) is 36.0 Å². The minimum absolute atomic E-state index is 0.382. The summed E-state index contributed by atoms with van der Waals surface area (Å²) in [4.78, 5) is 6.04. The minimum atomic E-state index is -4.10. The molecule has 3 rings (SSSR count). The zero-order valence-corrected chi connectivity index (χ0v) is 11.3. The Morgan fingerprint density at radius 1 is 1.10 bits per heavy atom. The highest BCUT2D eigenvalue weighted by Crippen LogP contribution is 2.21. The summed E-state index contributed by atoms with van der Waals surface area (Å²) < 4.78 is 41.5. The molecule has 0 atom stereocenters. The molecule has 0 unspecified atom stereocenters. The molecular formula is C12H12N2O5S. The molecule has 0 aliphatic carbocycles. The Labute approximate surface area is 113 Å². The van der Waals surface area contributed by atoms with Gasteiger partial charge in [-0.15, -0.1) is 0 Å². The maximum absolute atomic E-state index is 11.0. The number of hydrogen-bond acceptors (Lipinski definition) is 4. The Morgan fingerprint density at radius 3 is 2.20 bits per heavy atom. The van der Waals surface area contributed by atoms with Gasteiger partial charge < -0.3 is 18.8 Å². The topological polar surface area (TPSA) is 112 Å². The fourth-order valence-corrected chi connectivity index (χ4v) is 2.67. The molecule has 0 saturated heterocycles. The van der Waals surface area contributed by atoms with Crippen molar-refractivity contribution in [1.82, 2.24) is 9.97 Å². The molecule has 0 spiro atoms. The van der Waals surface area contributed by atoms with Gasteiger partial charge in [0.1, 0.15) is 18.3 Å². The molecule has 1 aromatic carbocycles. The minimum Gasteiger partial charge on any atom is -0.458 e. The second kappa shape index (κ2) is 4.43. The van der Waals surface area contributed by atoms with Crippen LogP contribution in [0.15, 0.2) is 33.5 Å². The molecule has 3 aromatic rings. The first kappa shape index (κ1) is 12.8. The molecule has 2 heterocycles. The van der Waals surface area contributed by atoms with Crippen molar-refractivity contribution in [2.45, 2.75) is 12.7 Å². The van der Waals surface area contributed by atoms with E-state index in [1.165, 1.54) is 12.5 Å². The van der Waals surface area contributed by atoms with E-state index in [0.717, 1.165) is 5.52 Å². The van der Waals surface area contributed by atoms with Gasteiger partial charge in [0.15, 0.2) is 11.2 Å². The van der Waals surface area contributed by atoms with Crippen LogP contribution in [-0.2, 0) is 15.9 Å². The summed E-state index contributed by atoms with van der Waals surface area (Å²) in [5.74, 6) is -0.486. The second-order valence-corrected chi connectivity index (χ2v) is 5.88. The number of nitrogens with one attached hydrogen (secondary N) is 2. The highest BCUT2D eigenvalue weighted by Gasteiger charge is 2.12. The molecule has 7 nitrogen and oxygen atoms in total. The van der Waals surface area contributed by atoms with Crippen LogP contribution in [0.3, 0.4) is 0 Å². The molecule has 20 heavy (non-hydrogen) atoms. The lowest BCUT2D eigenvalue weighted by Crippen LogP contribution is -2.07. The van der Waals surface area contributed by atoms with Gasteiger partial charge in [0.2, 0.25) is 0 Å². The molecule has 0 amide bonds. The van der Waals surface area contributed by atoms with E-state index in [1.54, 1.807) is 19.1 Å². The summed E-state index contributed by atoms with van der Waals surface area (Å²) in [7, 11) is -4.10. The normalized spacial score (nSPS) is 12.1. The van der Waals surface area contributed by atoms with Crippen LogP contribution < -0.4 is 0 Å². The average Bonchev–Trinajstić information content (AvgIpc) is 2.36. The van der Waals surface area contributed by atoms with Gasteiger partial charge in [0.25, 0.3) is 10.1 Å². The maximum Gasteiger partial charge on any atom is 0.270 e. The van der Waals surface area contributed by atoms with Crippen LogP contribution in [0.2, 0.25) is 0 Å². The summed E-state index contributed by atoms with van der Waals surface area (Å²) in [5, 5.41) is 0. The molecule has 3 N–H and O–H groups in total. The lowest BCUT2D eigenvalue weighted by Gasteiger charge is -2.09. The third kappa shape index (κ3) is 2.43. The Morgan fingerprint density at radius 2 is 1.65 bits per heavy atom. The molecular weight excluding hydrogens is 284 g/mol. The number of hydrogen-bond donors (Lipinski definition) is 3. The van der Waals surface area contributed by atoms with E-state index >= 15 is 0 Å². The first-order chi connectivity index (χ1) is 9.42. The molecule has 0 radical (unpaired) electrons. The van der Waals surface area contributed by atoms with Crippen molar-refractivity contribution in [1.29, 1.82) is 0 Å². The van der Waals surface area contributed by atoms with Crippen LogP contribution in [-0.4, -0.2) is 22.9 Å². The van der Waals surface area contributed by atoms with Crippen molar-refractivity contribution in [3.8, 4) is 0 Å². The van der Waals surface area contributed by atoms with Crippen LogP contribution in [0, 0.1) is 6.92 Å². The summed E-state index contributed by atoms with van der Waals surface area (Å²) in [5.41, 5.74) is 3.46. The Kier molecular flexibility index (Phi) is 2.84. The molecule has 2 aromatic heterocycles. The van der Waals surface area contributed by atoms with Crippen LogP contribution in [0.4, 0.5) is 0 Å². The summed E-state index contributed by atoms with van der Waals surface area (Å²) in [6.07, 6.45) is 2.84. The predicted octanol–water partition coefficient (Wildman–Crippen LogP) is 2.66. The van der Waals surface area contributed by atoms with Crippen LogP contribution in [0.25, 0.3) is 22.2 Å². The number of rotatable bonds is 2. The van der Waals surface area contributed by atoms with Crippen molar-refractivity contribution in [2.24, 2.45) is 0 Å². The standard InChI is InChI=1S/C12H12N2O5S/c1-7-10(6-20(15,16)17)14-9-5-12-11(4-8(9)13-7)18-2-3-19-12/h2-5,13-14H,6H2,1H3,(H,15,16,17). The largest absolute Gasteiger partial charge is 0.458 e. The van der Waals surface area contributed by atoms with E-state index in [2.05, 4.69) is 9.97 Å². The van der Waals surface area contributed by atoms with E-state index in [9.17, 15) is 8.42 Å². The number of aromatic nitrogens is 2. The molecule has 0 aliphatic heterocycles. The van der Waals surface area contributed by atoms with Gasteiger partial charge in [-0.05, 0) is 6.92 Å². The van der Waals surface area contributed by atoms with E-state index in [1.807, 2.05) is 0 Å². The summed E-state index contributed by atoms with van der Waals surface area (Å²) >= 11 is 0. The molecule has 106 valence electrons. The van der Waals surface area contributed by atoms with Crippen molar-refractivity contribution < 1.29 is 21.8 Å². The summed E-state index contributed by atoms with van der Waals surface area (Å²) in [6, 6.07) is 3.44. The van der Waals surface area contributed by atoms with Gasteiger partial charge >= 0.3 is 0 Å². The lowest BCUT2D eigenvalue weighted by molar-refractivity contribution is 0.481. The van der Waals surface area contributed by atoms with Crippen LogP contribution >= 0.6 is 0 Å². The van der Waals surface area contributed by atoms with Gasteiger partial charge in [0, 0.05) is 17.8 Å². The highest BCUT2D eigenvalue weighted by molar-refractivity contribution is 7.85. The molecule has 0 saturated carbocycles. The van der Waals surface area contributed by atoms with Gasteiger partial charge in [-0.25, -0.2) is 0 Å². The monoisotopic (exact) mass is 296 g/mol. The quantitative estimate of drug-likeness (QED) is 0.497. The van der Waals surface area contributed by atoms with E-state index < -0.39 is 15.9 Å². The van der Waals surface area contributed by atoms with E-state index in [-0.39, 0.29) is 0 Å². The van der Waals surface area contributed by atoms with E-state index in [0.29, 0.717) is 28.1 Å². The number of aryl methyl sites for hydroxylation is 1. The van der Waals surface area contributed by atoms with Crippen molar-refractivity contribution >= 4 is 32.3 Å². The zero-order valence-electron chi connectivity index (χ0n) is 10.5. The second-order valence-electron chi connectivity index (χ2n) is 4.43. The fourth-order valence-electron chi connectivity index (χ4n) is 2.01. The van der Waals surface area contributed by atoms with E-state index in [4.69, 9.17) is 13.4 Å². The Balaban J connectivity index is 2.26. The Bertz CT molecular complexity index is 924. The van der Waals surface area contributed by atoms with Crippen molar-refractivity contribution in [3.63, 3.8) is 0 Å². The van der Waals surface area contributed by atoms with Gasteiger partial charge in [-0.2, -0.15) is 8.42 Å². The highest BCUT2D eigenvalue weighted by atomic mass is 32.2. The first-order valence-corrected chi connectivity index (χ1v) is 7.38. The average molecular weight is 296 g/mol. The summed E-state index contributed by atoms with van der Waals surface area (Å²) in [6.45, 7) is 1.72. The number of fused-ring (bicyclic) bond motifs is 2. The van der Waals surface area contributed by atoms with Gasteiger partial charge in [0.05, 0.1) is 16.7 Å². The number of benzene rings is 1. The van der Waals surface area contributed by atoms with Crippen LogP contribution in [0.1, 0.15) is 11.4 Å². The maximum atomic E-state index is 11.0. The predicted molar refractivity (Wildman–Crippen MR) is 72.3 cm³/mol. The lowest BCUT2D eigenvalue weighted by atomic mass is 10.2. The zero-order chi connectivity index (χ0) is 14.3. The Hall–Kier alpha value is -2.19. The van der Waals surface area contributed by atoms with Crippen LogP contribution in [0.5, 0.6) is 0 Å². The fraction of sp³-hybridized carbons (Fsp3) is 0.167. The third-order valence-corrected chi connectivity index (χ3v) is 3.57. The number of aromatic amines is 2. The van der Waals surface area contributed by atoms with Gasteiger partial charge in [-0.3, -0.25) is 4.55 Å². The first-order valence-electron chi connectivity index (χ1n) is 5.78. The smallest absolute Gasteiger partial charge is 0.270 e. The third-order valence-electron chi connectivity index (χ3n) is 2.92. The number of H-pyrrole nitrogens is 2. The molecule has 0 bridgehead atoms. The molecule has 0 aliphatic rings. The molecule has 8 heteroatoms. The van der Waals surface area contributed by atoms with Gasteiger partial charge in [-0.1, -0.05) is 0 Å².